The van der Waals surface area contributed by atoms with E-state index in [1.165, 1.54) is 55.5 Å². The first-order chi connectivity index (χ1) is 13.6. The van der Waals surface area contributed by atoms with Crippen LogP contribution in [0.2, 0.25) is 0 Å². The third kappa shape index (κ3) is 6.06. The minimum absolute atomic E-state index is 0.00724. The summed E-state index contributed by atoms with van der Waals surface area (Å²) < 4.78 is 0. The average Bonchev–Trinajstić information content (AvgIpc) is 2.96. The predicted octanol–water partition coefficient (Wildman–Crippen LogP) is 4.29. The van der Waals surface area contributed by atoms with Gasteiger partial charge in [-0.2, -0.15) is 0 Å². The van der Waals surface area contributed by atoms with E-state index in [4.69, 9.17) is 0 Å². The van der Waals surface area contributed by atoms with Gasteiger partial charge >= 0.3 is 6.03 Å². The molecule has 2 aromatic carbocycles. The first-order valence-electron chi connectivity index (χ1n) is 9.69. The number of hydrogen-bond donors (Lipinski definition) is 2. The molecule has 0 unspecified atom stereocenters. The van der Waals surface area contributed by atoms with Gasteiger partial charge in [0.05, 0.1) is 4.92 Å². The Balaban J connectivity index is 1.49. The Morgan fingerprint density at radius 3 is 2.36 bits per heavy atom. The summed E-state index contributed by atoms with van der Waals surface area (Å²) in [5.74, 6) is 0. The standard InChI is InChI=1S/C21H26N4O3/c26-21(23-19-8-10-20(11-9-19)25(27)28)22-15-17-6-5-7-18(14-17)16-24-12-3-1-2-4-13-24/h5-11,14H,1-4,12-13,15-16H2,(H2,22,23,26). The van der Waals surface area contributed by atoms with Crippen LogP contribution in [-0.2, 0) is 13.1 Å². The molecule has 0 radical (unpaired) electrons. The number of carbonyl (C=O) groups excluding carboxylic acids is 1. The minimum Gasteiger partial charge on any atom is -0.334 e. The van der Waals surface area contributed by atoms with E-state index in [0.717, 1.165) is 25.2 Å². The first kappa shape index (κ1) is 19.8. The molecule has 28 heavy (non-hydrogen) atoms. The van der Waals surface area contributed by atoms with Crippen LogP contribution in [0, 0.1) is 10.1 Å². The van der Waals surface area contributed by atoms with E-state index in [1.54, 1.807) is 0 Å². The molecule has 0 aromatic heterocycles. The summed E-state index contributed by atoms with van der Waals surface area (Å²) >= 11 is 0. The van der Waals surface area contributed by atoms with Crippen molar-refractivity contribution in [1.29, 1.82) is 0 Å². The van der Waals surface area contributed by atoms with E-state index >= 15 is 0 Å². The second-order valence-corrected chi connectivity index (χ2v) is 7.12. The highest BCUT2D eigenvalue weighted by molar-refractivity contribution is 5.89. The Hall–Kier alpha value is -2.93. The number of nitro groups is 1. The Labute approximate surface area is 164 Å². The SMILES string of the molecule is O=C(NCc1cccc(CN2CCCCCC2)c1)Nc1ccc([N+](=O)[O-])cc1. The second-order valence-electron chi connectivity index (χ2n) is 7.12. The highest BCUT2D eigenvalue weighted by atomic mass is 16.6. The van der Waals surface area contributed by atoms with Crippen molar-refractivity contribution in [3.05, 3.63) is 69.8 Å². The van der Waals surface area contributed by atoms with Gasteiger partial charge in [0, 0.05) is 30.9 Å². The molecule has 1 fully saturated rings. The van der Waals surface area contributed by atoms with Gasteiger partial charge in [0.25, 0.3) is 5.69 Å². The van der Waals surface area contributed by atoms with Crippen molar-refractivity contribution in [2.45, 2.75) is 38.8 Å². The van der Waals surface area contributed by atoms with Crippen molar-refractivity contribution in [2.75, 3.05) is 18.4 Å². The van der Waals surface area contributed by atoms with Gasteiger partial charge < -0.3 is 10.6 Å². The van der Waals surface area contributed by atoms with Gasteiger partial charge in [-0.1, -0.05) is 37.1 Å². The number of urea groups is 1. The summed E-state index contributed by atoms with van der Waals surface area (Å²) in [6, 6.07) is 13.7. The van der Waals surface area contributed by atoms with E-state index < -0.39 is 4.92 Å². The lowest BCUT2D eigenvalue weighted by atomic mass is 10.1. The molecule has 0 aliphatic carbocycles. The molecule has 0 atom stereocenters. The van der Waals surface area contributed by atoms with Crippen molar-refractivity contribution >= 4 is 17.4 Å². The number of benzene rings is 2. The molecule has 7 nitrogen and oxygen atoms in total. The van der Waals surface area contributed by atoms with Crippen LogP contribution in [0.25, 0.3) is 0 Å². The number of non-ortho nitro benzene ring substituents is 1. The molecule has 0 spiro atoms. The molecule has 3 rings (SSSR count). The van der Waals surface area contributed by atoms with Crippen LogP contribution in [0.5, 0.6) is 0 Å². The first-order valence-corrected chi connectivity index (χ1v) is 9.69. The molecule has 1 aliphatic rings. The Bertz CT molecular complexity index is 800. The second kappa shape index (κ2) is 9.85. The van der Waals surface area contributed by atoms with Gasteiger partial charge in [-0.3, -0.25) is 15.0 Å². The number of amides is 2. The number of nitrogens with zero attached hydrogens (tertiary/aromatic N) is 2. The van der Waals surface area contributed by atoms with E-state index in [-0.39, 0.29) is 11.7 Å². The number of hydrogen-bond acceptors (Lipinski definition) is 4. The van der Waals surface area contributed by atoms with Crippen molar-refractivity contribution in [1.82, 2.24) is 10.2 Å². The van der Waals surface area contributed by atoms with Gasteiger partial charge in [-0.25, -0.2) is 4.79 Å². The number of rotatable bonds is 6. The molecule has 2 aromatic rings. The van der Waals surface area contributed by atoms with Crippen molar-refractivity contribution in [2.24, 2.45) is 0 Å². The fourth-order valence-corrected chi connectivity index (χ4v) is 3.41. The number of carbonyl (C=O) groups is 1. The summed E-state index contributed by atoms with van der Waals surface area (Å²) in [4.78, 5) is 24.8. The van der Waals surface area contributed by atoms with Gasteiger partial charge in [0.2, 0.25) is 0 Å². The smallest absolute Gasteiger partial charge is 0.319 e. The fourth-order valence-electron chi connectivity index (χ4n) is 3.41. The normalized spacial score (nSPS) is 14.9. The zero-order valence-corrected chi connectivity index (χ0v) is 15.9. The molecule has 1 aliphatic heterocycles. The largest absolute Gasteiger partial charge is 0.334 e. The monoisotopic (exact) mass is 382 g/mol. The molecule has 2 N–H and O–H groups in total. The quantitative estimate of drug-likeness (QED) is 0.576. The van der Waals surface area contributed by atoms with Crippen LogP contribution in [0.3, 0.4) is 0 Å². The van der Waals surface area contributed by atoms with Crippen LogP contribution < -0.4 is 10.6 Å². The maximum Gasteiger partial charge on any atom is 0.319 e. The van der Waals surface area contributed by atoms with E-state index in [0.29, 0.717) is 12.2 Å². The number of nitro benzene ring substituents is 1. The van der Waals surface area contributed by atoms with E-state index in [1.807, 2.05) is 12.1 Å². The number of anilines is 1. The lowest BCUT2D eigenvalue weighted by Gasteiger charge is -2.20. The maximum absolute atomic E-state index is 12.1. The zero-order valence-electron chi connectivity index (χ0n) is 15.9. The summed E-state index contributed by atoms with van der Waals surface area (Å²) in [6.07, 6.45) is 5.18. The van der Waals surface area contributed by atoms with Crippen LogP contribution >= 0.6 is 0 Å². The molecular formula is C21H26N4O3. The van der Waals surface area contributed by atoms with Crippen LogP contribution in [0.15, 0.2) is 48.5 Å². The topological polar surface area (TPSA) is 87.5 Å². The average molecular weight is 382 g/mol. The number of likely N-dealkylation sites (tertiary alicyclic amines) is 1. The van der Waals surface area contributed by atoms with Crippen molar-refractivity contribution in [3.63, 3.8) is 0 Å². The van der Waals surface area contributed by atoms with Crippen LogP contribution in [-0.4, -0.2) is 28.9 Å². The summed E-state index contributed by atoms with van der Waals surface area (Å²) in [5, 5.41) is 16.2. The van der Waals surface area contributed by atoms with Gasteiger partial charge in [0.1, 0.15) is 0 Å². The van der Waals surface area contributed by atoms with Crippen molar-refractivity contribution in [3.8, 4) is 0 Å². The predicted molar refractivity (Wildman–Crippen MR) is 109 cm³/mol. The molecule has 7 heteroatoms. The van der Waals surface area contributed by atoms with Crippen LogP contribution in [0.4, 0.5) is 16.2 Å². The molecule has 0 bridgehead atoms. The van der Waals surface area contributed by atoms with E-state index in [9.17, 15) is 14.9 Å². The van der Waals surface area contributed by atoms with Crippen molar-refractivity contribution < 1.29 is 9.72 Å². The Morgan fingerprint density at radius 1 is 1.00 bits per heavy atom. The van der Waals surface area contributed by atoms with Gasteiger partial charge in [0.15, 0.2) is 0 Å². The lowest BCUT2D eigenvalue weighted by molar-refractivity contribution is -0.384. The Morgan fingerprint density at radius 2 is 1.68 bits per heavy atom. The maximum atomic E-state index is 12.1. The molecule has 0 saturated carbocycles. The highest BCUT2D eigenvalue weighted by Crippen LogP contribution is 2.16. The van der Waals surface area contributed by atoms with Crippen LogP contribution in [0.1, 0.15) is 36.8 Å². The van der Waals surface area contributed by atoms with E-state index in [2.05, 4.69) is 27.7 Å². The molecule has 1 saturated heterocycles. The summed E-state index contributed by atoms with van der Waals surface area (Å²) in [7, 11) is 0. The summed E-state index contributed by atoms with van der Waals surface area (Å²) in [5.41, 5.74) is 2.81. The minimum atomic E-state index is -0.470. The molecule has 1 heterocycles. The molecular weight excluding hydrogens is 356 g/mol. The summed E-state index contributed by atoms with van der Waals surface area (Å²) in [6.45, 7) is 3.68. The third-order valence-electron chi connectivity index (χ3n) is 4.89. The number of nitrogens with one attached hydrogen (secondary N) is 2. The third-order valence-corrected chi connectivity index (χ3v) is 4.89. The molecule has 2 amide bonds. The van der Waals surface area contributed by atoms with Gasteiger partial charge in [-0.05, 0) is 49.2 Å². The highest BCUT2D eigenvalue weighted by Gasteiger charge is 2.10. The lowest BCUT2D eigenvalue weighted by Crippen LogP contribution is -2.28. The zero-order chi connectivity index (χ0) is 19.8. The van der Waals surface area contributed by atoms with Gasteiger partial charge in [-0.15, -0.1) is 0 Å². The Kier molecular flexibility index (Phi) is 6.97. The fraction of sp³-hybridized carbons (Fsp3) is 0.381. The molecule has 148 valence electrons.